The third-order valence-electron chi connectivity index (χ3n) is 3.59. The van der Waals surface area contributed by atoms with Crippen LogP contribution in [0.1, 0.15) is 44.2 Å². The van der Waals surface area contributed by atoms with Gasteiger partial charge in [-0.05, 0) is 53.7 Å². The summed E-state index contributed by atoms with van der Waals surface area (Å²) in [5.74, 6) is 1.82. The smallest absolute Gasteiger partial charge is 0.191 e. The van der Waals surface area contributed by atoms with Gasteiger partial charge in [-0.3, -0.25) is 4.99 Å². The van der Waals surface area contributed by atoms with Gasteiger partial charge in [0.2, 0.25) is 0 Å². The maximum absolute atomic E-state index is 5.19. The molecule has 0 atom stereocenters. The van der Waals surface area contributed by atoms with Crippen LogP contribution in [0.4, 0.5) is 0 Å². The molecule has 0 aliphatic heterocycles. The maximum Gasteiger partial charge on any atom is 0.191 e. The normalized spacial score (nSPS) is 12.0. The van der Waals surface area contributed by atoms with E-state index in [1.807, 2.05) is 25.6 Å². The number of aromatic nitrogens is 1. The van der Waals surface area contributed by atoms with Crippen LogP contribution >= 0.6 is 35.7 Å². The first kappa shape index (κ1) is 22.6. The minimum absolute atomic E-state index is 0. The van der Waals surface area contributed by atoms with Crippen molar-refractivity contribution in [1.29, 1.82) is 0 Å². The Kier molecular flexibility index (Phi) is 11.0. The van der Waals surface area contributed by atoms with E-state index in [9.17, 15) is 0 Å². The molecule has 0 radical (unpaired) electrons. The zero-order valence-electron chi connectivity index (χ0n) is 15.2. The summed E-state index contributed by atoms with van der Waals surface area (Å²) < 4.78 is 5.36. The van der Waals surface area contributed by atoms with E-state index in [4.69, 9.17) is 4.52 Å². The summed E-state index contributed by atoms with van der Waals surface area (Å²) in [6, 6.07) is 0. The maximum atomic E-state index is 5.19. The first-order valence-corrected chi connectivity index (χ1v) is 9.11. The van der Waals surface area contributed by atoms with E-state index in [1.165, 1.54) is 5.56 Å². The lowest BCUT2D eigenvalue weighted by molar-refractivity contribution is 0.392. The number of hydrogen-bond acceptors (Lipinski definition) is 4. The lowest BCUT2D eigenvalue weighted by Crippen LogP contribution is -2.39. The highest BCUT2D eigenvalue weighted by molar-refractivity contribution is 14.0. The molecule has 2 N–H and O–H groups in total. The Labute approximate surface area is 161 Å². The fraction of sp³-hybridized carbons (Fsp3) is 0.750. The van der Waals surface area contributed by atoms with Crippen molar-refractivity contribution >= 4 is 41.7 Å². The molecule has 0 fully saturated rings. The van der Waals surface area contributed by atoms with E-state index >= 15 is 0 Å². The molecule has 0 saturated carbocycles. The van der Waals surface area contributed by atoms with E-state index in [-0.39, 0.29) is 28.7 Å². The van der Waals surface area contributed by atoms with Crippen LogP contribution in [-0.2, 0) is 6.42 Å². The van der Waals surface area contributed by atoms with Crippen LogP contribution in [0.15, 0.2) is 9.52 Å². The van der Waals surface area contributed by atoms with Crippen molar-refractivity contribution in [2.24, 2.45) is 4.99 Å². The molecule has 1 aromatic heterocycles. The predicted molar refractivity (Wildman–Crippen MR) is 111 cm³/mol. The minimum Gasteiger partial charge on any atom is -0.361 e. The summed E-state index contributed by atoms with van der Waals surface area (Å²) in [5.41, 5.74) is 2.23. The Hall–Kier alpha value is -0.440. The van der Waals surface area contributed by atoms with Gasteiger partial charge in [-0.2, -0.15) is 11.8 Å². The van der Waals surface area contributed by atoms with E-state index in [0.29, 0.717) is 0 Å². The van der Waals surface area contributed by atoms with Crippen molar-refractivity contribution in [3.05, 3.63) is 17.0 Å². The molecule has 23 heavy (non-hydrogen) atoms. The molecule has 134 valence electrons. The second kappa shape index (κ2) is 11.2. The molecule has 0 amide bonds. The van der Waals surface area contributed by atoms with Crippen molar-refractivity contribution in [3.8, 4) is 0 Å². The van der Waals surface area contributed by atoms with Crippen LogP contribution in [0.5, 0.6) is 0 Å². The summed E-state index contributed by atoms with van der Waals surface area (Å²) in [7, 11) is 0. The average Bonchev–Trinajstić information content (AvgIpc) is 2.80. The second-order valence-corrected chi connectivity index (χ2v) is 7.51. The number of hydrogen-bond donors (Lipinski definition) is 2. The number of rotatable bonds is 8. The molecule has 0 saturated heterocycles. The minimum atomic E-state index is 0. The average molecular weight is 454 g/mol. The molecular weight excluding hydrogens is 423 g/mol. The number of aryl methyl sites for hydroxylation is 2. The van der Waals surface area contributed by atoms with Crippen molar-refractivity contribution in [1.82, 2.24) is 15.8 Å². The van der Waals surface area contributed by atoms with Crippen LogP contribution in [0.3, 0.4) is 0 Å². The van der Waals surface area contributed by atoms with Gasteiger partial charge in [-0.25, -0.2) is 0 Å². The van der Waals surface area contributed by atoms with Gasteiger partial charge in [-0.15, -0.1) is 24.0 Å². The number of halogens is 1. The van der Waals surface area contributed by atoms with E-state index in [0.717, 1.165) is 49.9 Å². The van der Waals surface area contributed by atoms with Crippen LogP contribution in [0, 0.1) is 13.8 Å². The molecular formula is C16H31IN4OS. The zero-order valence-corrected chi connectivity index (χ0v) is 18.3. The topological polar surface area (TPSA) is 62.5 Å². The zero-order chi connectivity index (χ0) is 16.6. The number of nitrogens with one attached hydrogen (secondary N) is 2. The van der Waals surface area contributed by atoms with E-state index in [1.54, 1.807) is 0 Å². The molecule has 0 spiro atoms. The van der Waals surface area contributed by atoms with E-state index < -0.39 is 0 Å². The second-order valence-electron chi connectivity index (χ2n) is 5.99. The third-order valence-corrected chi connectivity index (χ3v) is 4.83. The van der Waals surface area contributed by atoms with Gasteiger partial charge in [0.05, 0.1) is 12.2 Å². The van der Waals surface area contributed by atoms with Gasteiger partial charge >= 0.3 is 0 Å². The van der Waals surface area contributed by atoms with Crippen molar-refractivity contribution in [2.45, 2.75) is 52.2 Å². The Morgan fingerprint density at radius 3 is 2.52 bits per heavy atom. The van der Waals surface area contributed by atoms with Crippen LogP contribution < -0.4 is 10.6 Å². The Morgan fingerprint density at radius 2 is 2.00 bits per heavy atom. The van der Waals surface area contributed by atoms with Crippen molar-refractivity contribution in [2.75, 3.05) is 25.9 Å². The molecule has 0 bridgehead atoms. The first-order chi connectivity index (χ1) is 10.4. The van der Waals surface area contributed by atoms with Crippen molar-refractivity contribution in [3.63, 3.8) is 0 Å². The summed E-state index contributed by atoms with van der Waals surface area (Å²) in [4.78, 5) is 4.67. The van der Waals surface area contributed by atoms with Gasteiger partial charge in [0, 0.05) is 23.4 Å². The molecule has 5 nitrogen and oxygen atoms in total. The summed E-state index contributed by atoms with van der Waals surface area (Å²) >= 11 is 1.84. The predicted octanol–water partition coefficient (Wildman–Crippen LogP) is 3.54. The van der Waals surface area contributed by atoms with Crippen LogP contribution in [0.2, 0.25) is 0 Å². The number of nitrogens with zero attached hydrogens (tertiary/aromatic N) is 2. The molecule has 0 aliphatic carbocycles. The number of guanidine groups is 1. The van der Waals surface area contributed by atoms with Gasteiger partial charge in [0.1, 0.15) is 5.76 Å². The fourth-order valence-corrected chi connectivity index (χ4v) is 2.20. The SMILES string of the molecule is CCNC(=NCC(C)(C)SC)NCCCc1c(C)noc1C.I. The van der Waals surface area contributed by atoms with Crippen LogP contribution in [0.25, 0.3) is 0 Å². The standard InChI is InChI=1S/C16H30N4OS.HI/c1-7-17-15(19-11-16(4,5)22-6)18-10-8-9-14-12(2)20-21-13(14)3;/h7-11H2,1-6H3,(H2,17,18,19);1H. The summed E-state index contributed by atoms with van der Waals surface area (Å²) in [6.07, 6.45) is 4.13. The largest absolute Gasteiger partial charge is 0.361 e. The van der Waals surface area contributed by atoms with Crippen LogP contribution in [-0.4, -0.2) is 41.8 Å². The lowest BCUT2D eigenvalue weighted by Gasteiger charge is -2.20. The monoisotopic (exact) mass is 454 g/mol. The third kappa shape index (κ3) is 8.28. The molecule has 1 rings (SSSR count). The molecule has 1 heterocycles. The van der Waals surface area contributed by atoms with Gasteiger partial charge in [0.25, 0.3) is 0 Å². The van der Waals surface area contributed by atoms with E-state index in [2.05, 4.69) is 47.8 Å². The first-order valence-electron chi connectivity index (χ1n) is 7.88. The quantitative estimate of drug-likeness (QED) is 0.272. The number of thioether (sulfide) groups is 1. The molecule has 0 aromatic carbocycles. The highest BCUT2D eigenvalue weighted by Crippen LogP contribution is 2.20. The molecule has 0 unspecified atom stereocenters. The Balaban J connectivity index is 0.00000484. The fourth-order valence-electron chi connectivity index (χ4n) is 2.01. The Morgan fingerprint density at radius 1 is 1.30 bits per heavy atom. The highest BCUT2D eigenvalue weighted by atomic mass is 127. The number of aliphatic imine (C=N–C) groups is 1. The molecule has 7 heteroatoms. The molecule has 0 aliphatic rings. The Bertz CT molecular complexity index is 469. The highest BCUT2D eigenvalue weighted by Gasteiger charge is 2.15. The summed E-state index contributed by atoms with van der Waals surface area (Å²) in [6.45, 7) is 13.0. The van der Waals surface area contributed by atoms with Gasteiger partial charge < -0.3 is 15.2 Å². The molecule has 1 aromatic rings. The summed E-state index contributed by atoms with van der Waals surface area (Å²) in [5, 5.41) is 10.7. The van der Waals surface area contributed by atoms with Crippen molar-refractivity contribution < 1.29 is 4.52 Å². The lowest BCUT2D eigenvalue weighted by atomic mass is 10.1. The van der Waals surface area contributed by atoms with Gasteiger partial charge in [0.15, 0.2) is 5.96 Å². The van der Waals surface area contributed by atoms with Gasteiger partial charge in [-0.1, -0.05) is 5.16 Å².